The summed E-state index contributed by atoms with van der Waals surface area (Å²) in [6, 6.07) is 17.4. The number of para-hydroxylation sites is 1. The van der Waals surface area contributed by atoms with Gasteiger partial charge in [0.05, 0.1) is 13.1 Å². The highest BCUT2D eigenvalue weighted by molar-refractivity contribution is 7.07. The quantitative estimate of drug-likeness (QED) is 0.410. The van der Waals surface area contributed by atoms with E-state index in [-0.39, 0.29) is 41.3 Å². The van der Waals surface area contributed by atoms with Crippen molar-refractivity contribution in [1.29, 1.82) is 5.26 Å². The van der Waals surface area contributed by atoms with E-state index in [1.165, 1.54) is 10.1 Å². The van der Waals surface area contributed by atoms with E-state index in [0.717, 1.165) is 36.4 Å². The van der Waals surface area contributed by atoms with E-state index in [1.807, 2.05) is 42.5 Å². The number of hydrogen-bond acceptors (Lipinski definition) is 7. The van der Waals surface area contributed by atoms with Gasteiger partial charge in [-0.05, 0) is 49.6 Å². The molecule has 0 saturated heterocycles. The zero-order valence-corrected chi connectivity index (χ0v) is 23.3. The van der Waals surface area contributed by atoms with E-state index >= 15 is 0 Å². The molecule has 1 aliphatic rings. The number of benzene rings is 2. The van der Waals surface area contributed by atoms with Gasteiger partial charge in [-0.3, -0.25) is 19.0 Å². The van der Waals surface area contributed by atoms with Crippen LogP contribution in [0.1, 0.15) is 18.9 Å². The van der Waals surface area contributed by atoms with Crippen molar-refractivity contribution in [1.82, 2.24) is 9.88 Å². The van der Waals surface area contributed by atoms with Crippen molar-refractivity contribution < 1.29 is 9.59 Å². The predicted octanol–water partition coefficient (Wildman–Crippen LogP) is 1.62. The van der Waals surface area contributed by atoms with Gasteiger partial charge in [0.25, 0.3) is 11.5 Å². The first-order chi connectivity index (χ1) is 19.4. The van der Waals surface area contributed by atoms with Crippen molar-refractivity contribution in [2.24, 2.45) is 0 Å². The molecule has 1 aromatic heterocycles. The normalized spacial score (nSPS) is 13.5. The second-order valence-corrected chi connectivity index (χ2v) is 10.2. The predicted molar refractivity (Wildman–Crippen MR) is 159 cm³/mol. The van der Waals surface area contributed by atoms with Crippen LogP contribution in [0, 0.1) is 23.7 Å². The van der Waals surface area contributed by atoms with Gasteiger partial charge in [0, 0.05) is 43.4 Å². The minimum Gasteiger partial charge on any atom is -0.362 e. The molecule has 2 amide bonds. The fourth-order valence-corrected chi connectivity index (χ4v) is 5.64. The molecule has 4 rings (SSSR count). The number of amides is 2. The van der Waals surface area contributed by atoms with Crippen molar-refractivity contribution in [3.8, 4) is 18.4 Å². The van der Waals surface area contributed by atoms with Crippen molar-refractivity contribution >= 4 is 52.0 Å². The van der Waals surface area contributed by atoms with Gasteiger partial charge in [0.1, 0.15) is 15.3 Å². The van der Waals surface area contributed by atoms with E-state index < -0.39 is 5.91 Å². The van der Waals surface area contributed by atoms with Gasteiger partial charge >= 0.3 is 0 Å². The van der Waals surface area contributed by atoms with E-state index in [0.29, 0.717) is 15.9 Å². The number of nitriles is 1. The van der Waals surface area contributed by atoms with E-state index in [4.69, 9.17) is 6.42 Å². The molecule has 1 aliphatic heterocycles. The largest absolute Gasteiger partial charge is 0.362 e. The first kappa shape index (κ1) is 28.2. The number of thiazole rings is 1. The number of nitrogens with one attached hydrogen (secondary N) is 2. The van der Waals surface area contributed by atoms with Gasteiger partial charge in [0.2, 0.25) is 5.91 Å². The molecule has 0 atom stereocenters. The van der Waals surface area contributed by atoms with Crippen molar-refractivity contribution in [3.63, 3.8) is 0 Å². The topological polar surface area (TPSA) is 110 Å². The fraction of sp³-hybridized carbons (Fsp3) is 0.267. The van der Waals surface area contributed by atoms with Crippen LogP contribution in [0.15, 0.2) is 53.3 Å². The average molecular weight is 555 g/mol. The number of nitrogens with zero attached hydrogens (tertiary/aromatic N) is 4. The fourth-order valence-electron chi connectivity index (χ4n) is 4.55. The van der Waals surface area contributed by atoms with Crippen molar-refractivity contribution in [2.45, 2.75) is 26.3 Å². The molecule has 2 N–H and O–H groups in total. The summed E-state index contributed by atoms with van der Waals surface area (Å²) < 4.78 is 1.97. The Kier molecular flexibility index (Phi) is 9.05. The molecule has 204 valence electrons. The monoisotopic (exact) mass is 554 g/mol. The third kappa shape index (κ3) is 6.09. The number of aryl methyl sites for hydroxylation is 1. The lowest BCUT2D eigenvalue weighted by molar-refractivity contribution is -0.117. The minimum atomic E-state index is -0.628. The third-order valence-electron chi connectivity index (χ3n) is 6.64. The molecule has 3 aromatic rings. The van der Waals surface area contributed by atoms with Crippen LogP contribution < -0.4 is 35.2 Å². The molecule has 0 unspecified atom stereocenters. The third-order valence-corrected chi connectivity index (χ3v) is 7.77. The number of terminal acetylenes is 1. The number of fused-ring (bicyclic) bond motifs is 1. The molecular formula is C30H30N6O3S. The molecular weight excluding hydrogens is 524 g/mol. The lowest BCUT2D eigenvalue weighted by Crippen LogP contribution is -2.40. The lowest BCUT2D eigenvalue weighted by atomic mass is 10.0. The molecule has 0 spiro atoms. The van der Waals surface area contributed by atoms with Crippen LogP contribution in [0.5, 0.6) is 0 Å². The summed E-state index contributed by atoms with van der Waals surface area (Å²) in [7, 11) is 1.75. The molecule has 0 bridgehead atoms. The smallest absolute Gasteiger partial charge is 0.270 e. The van der Waals surface area contributed by atoms with Crippen LogP contribution in [0.25, 0.3) is 11.8 Å². The molecule has 0 aliphatic carbocycles. The van der Waals surface area contributed by atoms with E-state index in [9.17, 15) is 19.6 Å². The number of likely N-dealkylation sites (N-methyl/N-ethyl adjacent to an activating group) is 1. The van der Waals surface area contributed by atoms with Crippen LogP contribution in [-0.2, 0) is 22.6 Å². The maximum Gasteiger partial charge on any atom is 0.270 e. The van der Waals surface area contributed by atoms with Gasteiger partial charge in [-0.2, -0.15) is 5.26 Å². The lowest BCUT2D eigenvalue weighted by Gasteiger charge is -2.32. The van der Waals surface area contributed by atoms with Crippen molar-refractivity contribution in [3.05, 3.63) is 73.6 Å². The van der Waals surface area contributed by atoms with Gasteiger partial charge in [-0.15, -0.1) is 17.8 Å². The molecule has 0 saturated carbocycles. The summed E-state index contributed by atoms with van der Waals surface area (Å²) in [6.45, 7) is 3.14. The Morgan fingerprint density at radius 1 is 1.23 bits per heavy atom. The second kappa shape index (κ2) is 12.8. The minimum absolute atomic E-state index is 0.0229. The summed E-state index contributed by atoms with van der Waals surface area (Å²) >= 11 is 1.04. The number of carbonyl (C=O) groups excluding carboxylic acids is 2. The summed E-state index contributed by atoms with van der Waals surface area (Å²) in [5.41, 5.74) is 3.26. The maximum atomic E-state index is 13.2. The number of rotatable bonds is 8. The Bertz CT molecular complexity index is 1690. The number of aromatic nitrogens is 1. The number of carbonyl (C=O) groups is 2. The van der Waals surface area contributed by atoms with Gasteiger partial charge in [-0.1, -0.05) is 30.2 Å². The van der Waals surface area contributed by atoms with Crippen LogP contribution in [0.4, 0.5) is 17.1 Å². The number of anilines is 3. The van der Waals surface area contributed by atoms with Crippen LogP contribution in [0.2, 0.25) is 0 Å². The molecule has 9 nitrogen and oxygen atoms in total. The summed E-state index contributed by atoms with van der Waals surface area (Å²) in [5, 5.41) is 15.2. The van der Waals surface area contributed by atoms with Crippen LogP contribution >= 0.6 is 11.3 Å². The van der Waals surface area contributed by atoms with Crippen molar-refractivity contribution in [2.75, 3.05) is 41.8 Å². The van der Waals surface area contributed by atoms with Gasteiger partial charge < -0.3 is 20.4 Å². The highest BCUT2D eigenvalue weighted by Crippen LogP contribution is 2.27. The van der Waals surface area contributed by atoms with E-state index in [1.54, 1.807) is 25.1 Å². The highest BCUT2D eigenvalue weighted by atomic mass is 32.1. The average Bonchev–Trinajstić information content (AvgIpc) is 3.29. The summed E-state index contributed by atoms with van der Waals surface area (Å²) in [4.78, 5) is 42.3. The molecule has 40 heavy (non-hydrogen) atoms. The SMILES string of the molecule is C#CCNC(=O)C(C#N)=c1sc(=CNc2cccc(N(C)C(=O)CN3CCCc4ccccc43)c2)c(=O)n1CC. The van der Waals surface area contributed by atoms with Gasteiger partial charge in [-0.25, -0.2) is 0 Å². The summed E-state index contributed by atoms with van der Waals surface area (Å²) in [6.07, 6.45) is 8.77. The maximum absolute atomic E-state index is 13.2. The summed E-state index contributed by atoms with van der Waals surface area (Å²) in [5.74, 6) is 1.63. The first-order valence-corrected chi connectivity index (χ1v) is 13.7. The molecule has 10 heteroatoms. The zero-order chi connectivity index (χ0) is 28.6. The molecule has 2 heterocycles. The van der Waals surface area contributed by atoms with Gasteiger partial charge in [0.15, 0.2) is 5.57 Å². The number of hydrogen-bond donors (Lipinski definition) is 2. The Labute approximate surface area is 236 Å². The zero-order valence-electron chi connectivity index (χ0n) is 22.4. The van der Waals surface area contributed by atoms with Crippen LogP contribution in [-0.4, -0.2) is 43.1 Å². The Balaban J connectivity index is 1.55. The highest BCUT2D eigenvalue weighted by Gasteiger charge is 2.21. The molecule has 0 radical (unpaired) electrons. The molecule has 2 aromatic carbocycles. The first-order valence-electron chi connectivity index (χ1n) is 12.9. The standard InChI is InChI=1S/C30H30N6O3S/c1-4-15-32-28(38)24(18-31)30-36(5-2)29(39)26(40-30)19-33-22-12-8-13-23(17-22)34(3)27(37)20-35-16-9-11-21-10-6-7-14-25(21)35/h1,6-8,10,12-14,17,19,33H,5,9,11,15-16,20H2,2-3H3,(H,32,38). The Morgan fingerprint density at radius 2 is 2.02 bits per heavy atom. The Morgan fingerprint density at radius 3 is 2.77 bits per heavy atom. The van der Waals surface area contributed by atoms with E-state index in [2.05, 4.69) is 33.6 Å². The molecule has 0 fully saturated rings. The Hall–Kier alpha value is -4.80. The second-order valence-electron chi connectivity index (χ2n) is 9.14. The van der Waals surface area contributed by atoms with Crippen LogP contribution in [0.3, 0.4) is 0 Å².